The minimum atomic E-state index is 0.0679. The summed E-state index contributed by atoms with van der Waals surface area (Å²) in [6.07, 6.45) is 2.30. The van der Waals surface area contributed by atoms with Crippen LogP contribution in [0.2, 0.25) is 0 Å². The Morgan fingerprint density at radius 3 is 1.37 bits per heavy atom. The second-order valence-corrected chi connectivity index (χ2v) is 13.6. The minimum absolute atomic E-state index is 0.0679. The smallest absolute Gasteiger partial charge is 0.118 e. The molecule has 0 amide bonds. The minimum Gasteiger partial charge on any atom is -0.497 e. The van der Waals surface area contributed by atoms with Crippen molar-refractivity contribution in [3.8, 4) is 5.75 Å². The summed E-state index contributed by atoms with van der Waals surface area (Å²) in [5.41, 5.74) is 2.86. The molecule has 2 aromatic rings. The zero-order chi connectivity index (χ0) is 21.9. The van der Waals surface area contributed by atoms with Gasteiger partial charge < -0.3 is 4.74 Å². The monoisotopic (exact) mass is 480 g/mol. The molecule has 0 N–H and O–H groups in total. The van der Waals surface area contributed by atoms with Gasteiger partial charge in [0.15, 0.2) is 0 Å². The van der Waals surface area contributed by atoms with Crippen LogP contribution in [0.25, 0.3) is 0 Å². The lowest BCUT2D eigenvalue weighted by Crippen LogP contribution is -2.26. The Balaban J connectivity index is 2.42. The normalized spacial score (nSPS) is 12.2. The molecule has 0 heterocycles. The molecule has 166 valence electrons. The number of hydrogen-bond donors (Lipinski definition) is 0. The Labute approximate surface area is 201 Å². The van der Waals surface area contributed by atoms with Gasteiger partial charge >= 0.3 is 0 Å². The van der Waals surface area contributed by atoms with Gasteiger partial charge in [-0.25, -0.2) is 0 Å². The van der Waals surface area contributed by atoms with E-state index >= 15 is 0 Å². The third-order valence-electron chi connectivity index (χ3n) is 5.04. The highest BCUT2D eigenvalue weighted by Gasteiger charge is 2.39. The first kappa shape index (κ1) is 25.9. The van der Waals surface area contributed by atoms with Gasteiger partial charge in [0.1, 0.15) is 5.75 Å². The molecule has 0 radical (unpaired) electrons. The van der Waals surface area contributed by atoms with Crippen LogP contribution in [0, 0.1) is 0 Å². The molecule has 0 aromatic heterocycles. The Morgan fingerprint density at radius 1 is 0.600 bits per heavy atom. The number of rotatable bonds is 14. The van der Waals surface area contributed by atoms with Crippen LogP contribution >= 0.6 is 47.0 Å². The Hall–Kier alpha value is -0.360. The average Bonchev–Trinajstić information content (AvgIpc) is 2.78. The molecule has 0 atom stereocenters. The maximum absolute atomic E-state index is 5.42. The van der Waals surface area contributed by atoms with Gasteiger partial charge in [0.2, 0.25) is 0 Å². The molecule has 2 rings (SSSR count). The van der Waals surface area contributed by atoms with E-state index in [0.717, 1.165) is 41.6 Å². The number of thioether (sulfide) groups is 4. The second kappa shape index (κ2) is 13.2. The Bertz CT molecular complexity index is 706. The first-order valence-corrected chi connectivity index (χ1v) is 14.8. The molecular formula is C25H36OS4. The lowest BCUT2D eigenvalue weighted by atomic mass is 10.0. The fourth-order valence-electron chi connectivity index (χ4n) is 3.79. The molecule has 0 fully saturated rings. The van der Waals surface area contributed by atoms with Gasteiger partial charge in [-0.2, -0.15) is 0 Å². The Kier molecular flexibility index (Phi) is 11.4. The molecule has 0 aliphatic carbocycles. The zero-order valence-corrected chi connectivity index (χ0v) is 22.2. The van der Waals surface area contributed by atoms with Crippen molar-refractivity contribution in [2.45, 2.75) is 48.7 Å². The maximum Gasteiger partial charge on any atom is 0.118 e. The van der Waals surface area contributed by atoms with Crippen LogP contribution < -0.4 is 4.74 Å². The predicted octanol–water partition coefficient (Wildman–Crippen LogP) is 8.49. The quantitative estimate of drug-likeness (QED) is 0.250. The average molecular weight is 481 g/mol. The van der Waals surface area contributed by atoms with Gasteiger partial charge in [0, 0.05) is 0 Å². The van der Waals surface area contributed by atoms with Crippen LogP contribution in [0.1, 0.15) is 51.7 Å². The third-order valence-corrected chi connectivity index (χ3v) is 11.2. The molecular weight excluding hydrogens is 445 g/mol. The van der Waals surface area contributed by atoms with Crippen LogP contribution in [-0.2, 0) is 8.16 Å². The molecule has 1 nitrogen and oxygen atoms in total. The van der Waals surface area contributed by atoms with E-state index in [1.54, 1.807) is 7.11 Å². The van der Waals surface area contributed by atoms with Crippen LogP contribution in [0.5, 0.6) is 5.75 Å². The van der Waals surface area contributed by atoms with Crippen LogP contribution in [0.15, 0.2) is 54.6 Å². The maximum atomic E-state index is 5.42. The highest BCUT2D eigenvalue weighted by atomic mass is 32.2. The molecule has 0 bridgehead atoms. The molecule has 0 aliphatic rings. The standard InChI is InChI=1S/C25H36OS4/c1-6-27-24(28-7-2,21-13-11-10-12-14-21)19-20-25(29-8-3,30-9-4)22-15-17-23(26-5)18-16-22/h10-18H,6-9,19-20H2,1-5H3. The van der Waals surface area contributed by atoms with Gasteiger partial charge in [-0.1, -0.05) is 70.2 Å². The van der Waals surface area contributed by atoms with Crippen molar-refractivity contribution in [3.63, 3.8) is 0 Å². The SMILES string of the molecule is CCSC(CCC(SCC)(SCC)c1ccc(OC)cc1)(SCC)c1ccccc1. The predicted molar refractivity (Wildman–Crippen MR) is 145 cm³/mol. The van der Waals surface area contributed by atoms with Crippen molar-refractivity contribution in [3.05, 3.63) is 65.7 Å². The lowest BCUT2D eigenvalue weighted by Gasteiger charge is -2.39. The van der Waals surface area contributed by atoms with E-state index < -0.39 is 0 Å². The van der Waals surface area contributed by atoms with E-state index in [2.05, 4.69) is 129 Å². The summed E-state index contributed by atoms with van der Waals surface area (Å²) in [4.78, 5) is 0. The molecule has 0 saturated carbocycles. The summed E-state index contributed by atoms with van der Waals surface area (Å²) in [7, 11) is 1.74. The topological polar surface area (TPSA) is 9.23 Å². The molecule has 0 aliphatic heterocycles. The first-order chi connectivity index (χ1) is 14.6. The molecule has 2 aromatic carbocycles. The molecule has 30 heavy (non-hydrogen) atoms. The zero-order valence-electron chi connectivity index (χ0n) is 19.0. The fraction of sp³-hybridized carbons (Fsp3) is 0.520. The highest BCUT2D eigenvalue weighted by Crippen LogP contribution is 2.56. The largest absolute Gasteiger partial charge is 0.497 e. The number of benzene rings is 2. The summed E-state index contributed by atoms with van der Waals surface area (Å²) in [5, 5.41) is 0. The van der Waals surface area contributed by atoms with E-state index in [4.69, 9.17) is 4.74 Å². The molecule has 0 saturated heterocycles. The van der Waals surface area contributed by atoms with Gasteiger partial charge in [0.25, 0.3) is 0 Å². The summed E-state index contributed by atoms with van der Waals surface area (Å²) in [6.45, 7) is 9.14. The van der Waals surface area contributed by atoms with Crippen molar-refractivity contribution in [1.82, 2.24) is 0 Å². The number of hydrogen-bond acceptors (Lipinski definition) is 5. The fourth-order valence-corrected chi connectivity index (χ4v) is 9.94. The number of ether oxygens (including phenoxy) is 1. The van der Waals surface area contributed by atoms with E-state index in [9.17, 15) is 0 Å². The third kappa shape index (κ3) is 6.57. The summed E-state index contributed by atoms with van der Waals surface area (Å²) >= 11 is 8.39. The number of methoxy groups -OCH3 is 1. The van der Waals surface area contributed by atoms with E-state index in [1.807, 2.05) is 0 Å². The van der Waals surface area contributed by atoms with Crippen molar-refractivity contribution in [2.24, 2.45) is 0 Å². The van der Waals surface area contributed by atoms with Gasteiger partial charge in [-0.3, -0.25) is 0 Å². The van der Waals surface area contributed by atoms with E-state index in [1.165, 1.54) is 11.1 Å². The van der Waals surface area contributed by atoms with E-state index in [0.29, 0.717) is 0 Å². The van der Waals surface area contributed by atoms with Gasteiger partial charge in [0.05, 0.1) is 15.3 Å². The summed E-state index contributed by atoms with van der Waals surface area (Å²) < 4.78 is 5.59. The molecule has 0 unspecified atom stereocenters. The Morgan fingerprint density at radius 2 is 1.00 bits per heavy atom. The van der Waals surface area contributed by atoms with Crippen LogP contribution in [0.3, 0.4) is 0 Å². The first-order valence-electron chi connectivity index (χ1n) is 10.9. The molecule has 0 spiro atoms. The molecule has 5 heteroatoms. The van der Waals surface area contributed by atoms with Crippen LogP contribution in [0.4, 0.5) is 0 Å². The van der Waals surface area contributed by atoms with Crippen LogP contribution in [-0.4, -0.2) is 30.1 Å². The van der Waals surface area contributed by atoms with Crippen molar-refractivity contribution in [1.29, 1.82) is 0 Å². The summed E-state index contributed by atoms with van der Waals surface area (Å²) in [6, 6.07) is 19.9. The summed E-state index contributed by atoms with van der Waals surface area (Å²) in [5.74, 6) is 5.40. The van der Waals surface area contributed by atoms with Crippen molar-refractivity contribution in [2.75, 3.05) is 30.1 Å². The van der Waals surface area contributed by atoms with Crippen molar-refractivity contribution >= 4 is 47.0 Å². The van der Waals surface area contributed by atoms with Crippen molar-refractivity contribution < 1.29 is 4.74 Å². The van der Waals surface area contributed by atoms with Gasteiger partial charge in [-0.15, -0.1) is 47.0 Å². The van der Waals surface area contributed by atoms with Gasteiger partial charge in [-0.05, 0) is 59.1 Å². The van der Waals surface area contributed by atoms with E-state index in [-0.39, 0.29) is 8.16 Å². The lowest BCUT2D eigenvalue weighted by molar-refractivity contribution is 0.414. The highest BCUT2D eigenvalue weighted by molar-refractivity contribution is 8.18. The second-order valence-electron chi connectivity index (χ2n) is 6.83.